The number of para-hydroxylation sites is 1. The maximum absolute atomic E-state index is 12.7. The summed E-state index contributed by atoms with van der Waals surface area (Å²) in [5, 5.41) is 19.5. The predicted octanol–water partition coefficient (Wildman–Crippen LogP) is 3.15. The second-order valence-electron chi connectivity index (χ2n) is 6.72. The van der Waals surface area contributed by atoms with E-state index < -0.39 is 5.75 Å². The van der Waals surface area contributed by atoms with Crippen LogP contribution in [-0.2, 0) is 11.2 Å². The van der Waals surface area contributed by atoms with Crippen LogP contribution in [0.5, 0.6) is 11.5 Å². The highest BCUT2D eigenvalue weighted by Gasteiger charge is 2.29. The van der Waals surface area contributed by atoms with E-state index in [4.69, 9.17) is 0 Å². The number of benzene rings is 2. The SMILES string of the molecule is O=C(CCc1ccccc1)[C@H]1CCCN(C(=O)c2cccc(O)c2O)C1. The number of carbonyl (C=O) groups is 2. The predicted molar refractivity (Wildman–Crippen MR) is 98.2 cm³/mol. The molecule has 2 N–H and O–H groups in total. The monoisotopic (exact) mass is 353 g/mol. The van der Waals surface area contributed by atoms with E-state index in [1.165, 1.54) is 18.2 Å². The van der Waals surface area contributed by atoms with Gasteiger partial charge in [-0.3, -0.25) is 9.59 Å². The molecule has 5 nitrogen and oxygen atoms in total. The number of nitrogens with zero attached hydrogens (tertiary/aromatic N) is 1. The number of amides is 1. The molecule has 0 radical (unpaired) electrons. The van der Waals surface area contributed by atoms with E-state index >= 15 is 0 Å². The fourth-order valence-corrected chi connectivity index (χ4v) is 3.42. The van der Waals surface area contributed by atoms with Gasteiger partial charge in [0.05, 0.1) is 5.56 Å². The van der Waals surface area contributed by atoms with Gasteiger partial charge in [-0.2, -0.15) is 0 Å². The summed E-state index contributed by atoms with van der Waals surface area (Å²) in [5.41, 5.74) is 1.21. The molecule has 1 atom stereocenters. The van der Waals surface area contributed by atoms with E-state index in [1.54, 1.807) is 4.90 Å². The van der Waals surface area contributed by atoms with Crippen molar-refractivity contribution < 1.29 is 19.8 Å². The third-order valence-electron chi connectivity index (χ3n) is 4.91. The van der Waals surface area contributed by atoms with Crippen LogP contribution in [0.3, 0.4) is 0 Å². The molecule has 0 aliphatic carbocycles. The summed E-state index contributed by atoms with van der Waals surface area (Å²) >= 11 is 0. The molecule has 136 valence electrons. The molecule has 1 saturated heterocycles. The molecule has 5 heteroatoms. The van der Waals surface area contributed by atoms with Crippen LogP contribution in [0.2, 0.25) is 0 Å². The Morgan fingerprint density at radius 1 is 1.04 bits per heavy atom. The summed E-state index contributed by atoms with van der Waals surface area (Å²) in [6.45, 7) is 0.915. The second-order valence-corrected chi connectivity index (χ2v) is 6.72. The van der Waals surface area contributed by atoms with Gasteiger partial charge in [-0.25, -0.2) is 0 Å². The van der Waals surface area contributed by atoms with Gasteiger partial charge >= 0.3 is 0 Å². The molecule has 0 aromatic heterocycles. The standard InChI is InChI=1S/C21H23NO4/c23-18(12-11-15-6-2-1-3-7-15)16-8-5-13-22(14-16)21(26)17-9-4-10-19(24)20(17)25/h1-4,6-7,9-10,16,24-25H,5,8,11-14H2/t16-/m0/s1. The van der Waals surface area contributed by atoms with Gasteiger partial charge in [0, 0.05) is 25.4 Å². The zero-order valence-corrected chi connectivity index (χ0v) is 14.6. The van der Waals surface area contributed by atoms with Gasteiger partial charge < -0.3 is 15.1 Å². The van der Waals surface area contributed by atoms with Crippen LogP contribution in [-0.4, -0.2) is 39.9 Å². The number of carbonyl (C=O) groups excluding carboxylic acids is 2. The van der Waals surface area contributed by atoms with Gasteiger partial charge in [-0.15, -0.1) is 0 Å². The molecule has 26 heavy (non-hydrogen) atoms. The van der Waals surface area contributed by atoms with E-state index in [-0.39, 0.29) is 28.9 Å². The number of phenolic OH excluding ortho intramolecular Hbond substituents is 2. The molecule has 0 unspecified atom stereocenters. The van der Waals surface area contributed by atoms with Crippen molar-refractivity contribution in [1.29, 1.82) is 0 Å². The number of phenols is 2. The van der Waals surface area contributed by atoms with Crippen LogP contribution in [0.15, 0.2) is 48.5 Å². The largest absolute Gasteiger partial charge is 0.504 e. The Morgan fingerprint density at radius 2 is 1.81 bits per heavy atom. The van der Waals surface area contributed by atoms with Gasteiger partial charge in [0.25, 0.3) is 5.91 Å². The van der Waals surface area contributed by atoms with E-state index in [0.29, 0.717) is 25.9 Å². The first-order valence-electron chi connectivity index (χ1n) is 8.93. The summed E-state index contributed by atoms with van der Waals surface area (Å²) in [6, 6.07) is 14.2. The Morgan fingerprint density at radius 3 is 2.58 bits per heavy atom. The molecule has 1 fully saturated rings. The second kappa shape index (κ2) is 8.04. The molecule has 0 bridgehead atoms. The molecule has 0 spiro atoms. The maximum Gasteiger partial charge on any atom is 0.257 e. The molecule has 3 rings (SSSR count). The quantitative estimate of drug-likeness (QED) is 0.810. The molecule has 2 aromatic carbocycles. The molecular formula is C21H23NO4. The van der Waals surface area contributed by atoms with Crippen molar-refractivity contribution in [1.82, 2.24) is 4.90 Å². The van der Waals surface area contributed by atoms with E-state index in [2.05, 4.69) is 0 Å². The molecular weight excluding hydrogens is 330 g/mol. The molecule has 1 aliphatic heterocycles. The minimum atomic E-state index is -0.407. The number of likely N-dealkylation sites (tertiary alicyclic amines) is 1. The highest BCUT2D eigenvalue weighted by molar-refractivity contribution is 5.98. The normalized spacial score (nSPS) is 17.1. The van der Waals surface area contributed by atoms with Crippen LogP contribution >= 0.6 is 0 Å². The van der Waals surface area contributed by atoms with E-state index in [1.807, 2.05) is 30.3 Å². The van der Waals surface area contributed by atoms with Gasteiger partial charge in [0.1, 0.15) is 5.78 Å². The number of hydrogen-bond donors (Lipinski definition) is 2. The van der Waals surface area contributed by atoms with Crippen LogP contribution < -0.4 is 0 Å². The lowest BCUT2D eigenvalue weighted by Crippen LogP contribution is -2.42. The summed E-state index contributed by atoms with van der Waals surface area (Å²) in [7, 11) is 0. The summed E-state index contributed by atoms with van der Waals surface area (Å²) in [4.78, 5) is 26.8. The molecule has 1 amide bonds. The van der Waals surface area contributed by atoms with Gasteiger partial charge in [-0.1, -0.05) is 36.4 Å². The van der Waals surface area contributed by atoms with Crippen LogP contribution in [0.4, 0.5) is 0 Å². The van der Waals surface area contributed by atoms with E-state index in [0.717, 1.165) is 18.4 Å². The minimum absolute atomic E-state index is 0.0717. The molecule has 0 saturated carbocycles. The van der Waals surface area contributed by atoms with Crippen LogP contribution in [0.1, 0.15) is 35.2 Å². The van der Waals surface area contributed by atoms with E-state index in [9.17, 15) is 19.8 Å². The van der Waals surface area contributed by atoms with Crippen LogP contribution in [0.25, 0.3) is 0 Å². The highest BCUT2D eigenvalue weighted by Crippen LogP contribution is 2.30. The van der Waals surface area contributed by atoms with Gasteiger partial charge in [0.2, 0.25) is 0 Å². The summed E-state index contributed by atoms with van der Waals surface area (Å²) in [6.07, 6.45) is 2.71. The first-order chi connectivity index (χ1) is 12.6. The van der Waals surface area contributed by atoms with Crippen molar-refractivity contribution in [2.45, 2.75) is 25.7 Å². The number of Topliss-reactive ketones (excluding diaryl/α,β-unsaturated/α-hetero) is 1. The number of ketones is 1. The Kier molecular flexibility index (Phi) is 5.56. The van der Waals surface area contributed by atoms with Crippen molar-refractivity contribution in [3.05, 3.63) is 59.7 Å². The first-order valence-corrected chi connectivity index (χ1v) is 8.93. The van der Waals surface area contributed by atoms with Crippen molar-refractivity contribution in [3.8, 4) is 11.5 Å². The smallest absolute Gasteiger partial charge is 0.257 e. The fourth-order valence-electron chi connectivity index (χ4n) is 3.42. The summed E-state index contributed by atoms with van der Waals surface area (Å²) < 4.78 is 0. The Labute approximate surface area is 152 Å². The molecule has 1 heterocycles. The van der Waals surface area contributed by atoms with Crippen molar-refractivity contribution in [2.24, 2.45) is 5.92 Å². The Hall–Kier alpha value is -2.82. The van der Waals surface area contributed by atoms with Crippen molar-refractivity contribution >= 4 is 11.7 Å². The lowest BCUT2D eigenvalue weighted by atomic mass is 9.90. The highest BCUT2D eigenvalue weighted by atomic mass is 16.3. The van der Waals surface area contributed by atoms with Crippen molar-refractivity contribution in [3.63, 3.8) is 0 Å². The van der Waals surface area contributed by atoms with Gasteiger partial charge in [-0.05, 0) is 37.0 Å². The summed E-state index contributed by atoms with van der Waals surface area (Å²) in [5.74, 6) is -1.07. The Balaban J connectivity index is 1.62. The molecule has 2 aromatic rings. The lowest BCUT2D eigenvalue weighted by Gasteiger charge is -2.32. The number of rotatable bonds is 5. The lowest BCUT2D eigenvalue weighted by molar-refractivity contribution is -0.124. The number of hydrogen-bond acceptors (Lipinski definition) is 4. The Bertz CT molecular complexity index is 788. The van der Waals surface area contributed by atoms with Crippen molar-refractivity contribution in [2.75, 3.05) is 13.1 Å². The molecule has 1 aliphatic rings. The average molecular weight is 353 g/mol. The maximum atomic E-state index is 12.7. The third-order valence-corrected chi connectivity index (χ3v) is 4.91. The number of aromatic hydroxyl groups is 2. The average Bonchev–Trinajstić information content (AvgIpc) is 2.68. The third kappa shape index (κ3) is 4.04. The van der Waals surface area contributed by atoms with Crippen LogP contribution in [0, 0.1) is 5.92 Å². The first kappa shape index (κ1) is 18.0. The fraction of sp³-hybridized carbons (Fsp3) is 0.333. The minimum Gasteiger partial charge on any atom is -0.504 e. The van der Waals surface area contributed by atoms with Gasteiger partial charge in [0.15, 0.2) is 11.5 Å². The number of aryl methyl sites for hydroxylation is 1. The topological polar surface area (TPSA) is 77.8 Å². The number of piperidine rings is 1. The zero-order chi connectivity index (χ0) is 18.5. The zero-order valence-electron chi connectivity index (χ0n) is 14.6.